The van der Waals surface area contributed by atoms with Gasteiger partial charge in [-0.25, -0.2) is 31.9 Å². The highest BCUT2D eigenvalue weighted by Crippen LogP contribution is 2.25. The van der Waals surface area contributed by atoms with Crippen LogP contribution >= 0.6 is 0 Å². The van der Waals surface area contributed by atoms with E-state index in [-0.39, 0.29) is 18.7 Å². The van der Waals surface area contributed by atoms with Gasteiger partial charge in [0.05, 0.1) is 6.26 Å². The summed E-state index contributed by atoms with van der Waals surface area (Å²) in [5.74, 6) is 0. The Balaban J connectivity index is 1.63. The van der Waals surface area contributed by atoms with Gasteiger partial charge in [0.25, 0.3) is 0 Å². The second kappa shape index (κ2) is 11.0. The van der Waals surface area contributed by atoms with Gasteiger partial charge < -0.3 is 25.1 Å². The molecule has 0 aliphatic rings. The minimum Gasteiger partial charge on any atom is -0.444 e. The van der Waals surface area contributed by atoms with Gasteiger partial charge in [-0.15, -0.1) is 0 Å². The summed E-state index contributed by atoms with van der Waals surface area (Å²) in [6, 6.07) is 7.24. The molecule has 220 valence electrons. The highest BCUT2D eigenvalue weighted by molar-refractivity contribution is 7.89. The van der Waals surface area contributed by atoms with Crippen LogP contribution in [-0.4, -0.2) is 57.0 Å². The molecule has 0 unspecified atom stereocenters. The van der Waals surface area contributed by atoms with Crippen LogP contribution in [0.2, 0.25) is 0 Å². The highest BCUT2D eigenvalue weighted by Gasteiger charge is 2.20. The molecule has 0 bridgehead atoms. The second-order valence-corrected chi connectivity index (χ2v) is 13.7. The van der Waals surface area contributed by atoms with E-state index < -0.39 is 33.4 Å². The Hall–Kier alpha value is -4.13. The predicted molar refractivity (Wildman–Crippen MR) is 155 cm³/mol. The fraction of sp³-hybridized carbons (Fsp3) is 0.429. The summed E-state index contributed by atoms with van der Waals surface area (Å²) in [6.45, 7) is 11.1. The van der Waals surface area contributed by atoms with Crippen molar-refractivity contribution in [3.05, 3.63) is 59.2 Å². The van der Waals surface area contributed by atoms with Crippen molar-refractivity contribution >= 4 is 44.3 Å². The van der Waals surface area contributed by atoms with Crippen LogP contribution in [0.15, 0.2) is 36.7 Å². The highest BCUT2D eigenvalue weighted by atomic mass is 32.2. The molecule has 0 saturated carbocycles. The SMILES string of the molecule is CC(C)(C)OC(=O)NCc1ccnc2[nH]c(Cc3cc(CNC(=O)OC(C)(C)C)c4ccn(S(C)(=O)=O)c4n3)cc12. The molecule has 0 aliphatic heterocycles. The van der Waals surface area contributed by atoms with Crippen LogP contribution in [0.3, 0.4) is 0 Å². The van der Waals surface area contributed by atoms with Gasteiger partial charge in [0, 0.05) is 54.1 Å². The molecular weight excluding hydrogens is 548 g/mol. The van der Waals surface area contributed by atoms with E-state index in [0.717, 1.165) is 26.9 Å². The maximum absolute atomic E-state index is 12.4. The van der Waals surface area contributed by atoms with Crippen LogP contribution in [0.1, 0.15) is 64.1 Å². The number of nitrogens with zero attached hydrogens (tertiary/aromatic N) is 3. The molecule has 0 spiro atoms. The first kappa shape index (κ1) is 29.8. The molecular formula is C28H36N6O6S. The lowest BCUT2D eigenvalue weighted by molar-refractivity contribution is 0.0512. The second-order valence-electron chi connectivity index (χ2n) is 11.8. The van der Waals surface area contributed by atoms with Crippen LogP contribution in [-0.2, 0) is 39.0 Å². The summed E-state index contributed by atoms with van der Waals surface area (Å²) in [5, 5.41) is 6.94. The number of aromatic amines is 1. The van der Waals surface area contributed by atoms with Crippen LogP contribution in [0, 0.1) is 0 Å². The molecule has 4 aromatic heterocycles. The third-order valence-electron chi connectivity index (χ3n) is 5.81. The van der Waals surface area contributed by atoms with Crippen LogP contribution < -0.4 is 10.6 Å². The molecule has 0 saturated heterocycles. The Morgan fingerprint density at radius 3 is 2.12 bits per heavy atom. The number of hydrogen-bond donors (Lipinski definition) is 3. The predicted octanol–water partition coefficient (Wildman–Crippen LogP) is 4.36. The minimum absolute atomic E-state index is 0.115. The molecule has 0 aromatic carbocycles. The number of aromatic nitrogens is 4. The van der Waals surface area contributed by atoms with Gasteiger partial charge in [0.15, 0.2) is 5.65 Å². The van der Waals surface area contributed by atoms with E-state index in [1.165, 1.54) is 6.20 Å². The summed E-state index contributed by atoms with van der Waals surface area (Å²) in [5.41, 5.74) is 2.54. The van der Waals surface area contributed by atoms with E-state index >= 15 is 0 Å². The van der Waals surface area contributed by atoms with Gasteiger partial charge >= 0.3 is 12.2 Å². The Morgan fingerprint density at radius 2 is 1.54 bits per heavy atom. The molecule has 13 heteroatoms. The molecule has 0 fully saturated rings. The summed E-state index contributed by atoms with van der Waals surface area (Å²) in [4.78, 5) is 36.8. The van der Waals surface area contributed by atoms with Gasteiger partial charge in [-0.1, -0.05) is 0 Å². The normalized spacial score (nSPS) is 12.5. The number of fused-ring (bicyclic) bond motifs is 2. The van der Waals surface area contributed by atoms with Gasteiger partial charge in [0.1, 0.15) is 16.8 Å². The van der Waals surface area contributed by atoms with Crippen molar-refractivity contribution in [3.63, 3.8) is 0 Å². The first-order valence-electron chi connectivity index (χ1n) is 13.1. The lowest BCUT2D eigenvalue weighted by Crippen LogP contribution is -2.32. The van der Waals surface area contributed by atoms with Crippen molar-refractivity contribution in [1.29, 1.82) is 0 Å². The number of pyridine rings is 2. The number of amides is 2. The summed E-state index contributed by atoms with van der Waals surface area (Å²) in [7, 11) is -3.62. The van der Waals surface area contributed by atoms with E-state index in [4.69, 9.17) is 9.47 Å². The number of carbonyl (C=O) groups excluding carboxylic acids is 2. The van der Waals surface area contributed by atoms with Gasteiger partial charge in [-0.3, -0.25) is 0 Å². The topological polar surface area (TPSA) is 157 Å². The number of carbonyl (C=O) groups is 2. The molecule has 4 aromatic rings. The Bertz CT molecular complexity index is 1710. The van der Waals surface area contributed by atoms with Gasteiger partial charge in [0.2, 0.25) is 10.0 Å². The maximum Gasteiger partial charge on any atom is 0.407 e. The number of nitrogens with one attached hydrogen (secondary N) is 3. The van der Waals surface area contributed by atoms with E-state index in [2.05, 4.69) is 25.6 Å². The van der Waals surface area contributed by atoms with Crippen molar-refractivity contribution in [2.45, 2.75) is 72.3 Å². The Kier molecular flexibility index (Phi) is 8.03. The molecule has 0 atom stereocenters. The lowest BCUT2D eigenvalue weighted by Gasteiger charge is -2.20. The third kappa shape index (κ3) is 7.75. The van der Waals surface area contributed by atoms with Crippen molar-refractivity contribution < 1.29 is 27.5 Å². The molecule has 0 aliphatic carbocycles. The fourth-order valence-electron chi connectivity index (χ4n) is 4.26. The van der Waals surface area contributed by atoms with Gasteiger partial charge in [-0.2, -0.15) is 0 Å². The van der Waals surface area contributed by atoms with E-state index in [1.807, 2.05) is 18.2 Å². The molecule has 12 nitrogen and oxygen atoms in total. The van der Waals surface area contributed by atoms with Crippen molar-refractivity contribution in [3.8, 4) is 0 Å². The zero-order chi connectivity index (χ0) is 30.2. The standard InChI is InChI=1S/C28H36N6O6S/c1-27(2,3)39-25(35)30-15-17-8-10-29-23-22(17)14-20(32-23)13-19-12-18(16-31-26(36)40-28(4,5)6)21-9-11-34(24(21)33-19)41(7,37)38/h8-12,14H,13,15-16H2,1-7H3,(H,29,32)(H,30,35)(H,31,36). The Labute approximate surface area is 238 Å². The van der Waals surface area contributed by atoms with Crippen molar-refractivity contribution in [1.82, 2.24) is 29.6 Å². The molecule has 3 N–H and O–H groups in total. The van der Waals surface area contributed by atoms with Crippen LogP contribution in [0.5, 0.6) is 0 Å². The molecule has 41 heavy (non-hydrogen) atoms. The number of alkyl carbamates (subject to hydrolysis) is 2. The van der Waals surface area contributed by atoms with Crippen molar-refractivity contribution in [2.75, 3.05) is 6.26 Å². The zero-order valence-corrected chi connectivity index (χ0v) is 25.1. The van der Waals surface area contributed by atoms with Crippen molar-refractivity contribution in [2.24, 2.45) is 0 Å². The quantitative estimate of drug-likeness (QED) is 0.289. The molecule has 4 heterocycles. The first-order valence-corrected chi connectivity index (χ1v) is 14.9. The minimum atomic E-state index is -3.62. The largest absolute Gasteiger partial charge is 0.444 e. The Morgan fingerprint density at radius 1 is 0.927 bits per heavy atom. The smallest absolute Gasteiger partial charge is 0.407 e. The number of rotatable bonds is 7. The average molecular weight is 585 g/mol. The van der Waals surface area contributed by atoms with E-state index in [1.54, 1.807) is 53.8 Å². The summed E-state index contributed by atoms with van der Waals surface area (Å²) >= 11 is 0. The van der Waals surface area contributed by atoms with E-state index in [0.29, 0.717) is 28.7 Å². The monoisotopic (exact) mass is 584 g/mol. The first-order chi connectivity index (χ1) is 19.0. The van der Waals surface area contributed by atoms with E-state index in [9.17, 15) is 18.0 Å². The number of ether oxygens (including phenoxy) is 2. The van der Waals surface area contributed by atoms with Crippen LogP contribution in [0.4, 0.5) is 9.59 Å². The average Bonchev–Trinajstić information content (AvgIpc) is 3.43. The maximum atomic E-state index is 12.4. The van der Waals surface area contributed by atoms with Gasteiger partial charge in [-0.05, 0) is 76.9 Å². The molecule has 2 amide bonds. The zero-order valence-electron chi connectivity index (χ0n) is 24.3. The molecule has 4 rings (SSSR count). The number of hydrogen-bond acceptors (Lipinski definition) is 8. The van der Waals surface area contributed by atoms with Crippen LogP contribution in [0.25, 0.3) is 22.1 Å². The molecule has 0 radical (unpaired) electrons. The third-order valence-corrected chi connectivity index (χ3v) is 6.82. The fourth-order valence-corrected chi connectivity index (χ4v) is 5.00. The summed E-state index contributed by atoms with van der Waals surface area (Å²) < 4.78 is 36.7. The number of H-pyrrole nitrogens is 1. The lowest BCUT2D eigenvalue weighted by atomic mass is 10.1. The summed E-state index contributed by atoms with van der Waals surface area (Å²) in [6.07, 6.45) is 3.44.